The second-order valence-electron chi connectivity index (χ2n) is 3.48. The molecule has 1 unspecified atom stereocenters. The number of nitro benzene ring substituents is 1. The predicted octanol–water partition coefficient (Wildman–Crippen LogP) is 3.31. The summed E-state index contributed by atoms with van der Waals surface area (Å²) < 4.78 is 42.9. The van der Waals surface area contributed by atoms with Crippen LogP contribution in [0, 0.1) is 10.1 Å². The zero-order valence-corrected chi connectivity index (χ0v) is 11.3. The van der Waals surface area contributed by atoms with Crippen molar-refractivity contribution in [3.63, 3.8) is 0 Å². The van der Waals surface area contributed by atoms with Crippen molar-refractivity contribution in [3.8, 4) is 5.75 Å². The minimum Gasteiger partial charge on any atom is -0.444 e. The van der Waals surface area contributed by atoms with Gasteiger partial charge in [0.15, 0.2) is 0 Å². The van der Waals surface area contributed by atoms with E-state index in [1.807, 2.05) is 0 Å². The van der Waals surface area contributed by atoms with Crippen molar-refractivity contribution < 1.29 is 27.5 Å². The van der Waals surface area contributed by atoms with Gasteiger partial charge in [0.05, 0.1) is 4.92 Å². The van der Waals surface area contributed by atoms with Crippen molar-refractivity contribution in [2.75, 3.05) is 6.16 Å². The molecule has 19 heavy (non-hydrogen) atoms. The van der Waals surface area contributed by atoms with E-state index < -0.39 is 28.8 Å². The third kappa shape index (κ3) is 4.15. The quantitative estimate of drug-likeness (QED) is 0.524. The maximum absolute atomic E-state index is 12.7. The Morgan fingerprint density at radius 3 is 2.53 bits per heavy atom. The van der Waals surface area contributed by atoms with Gasteiger partial charge in [0.2, 0.25) is 6.49 Å². The average molecular weight is 315 g/mol. The topological polar surface area (TPSA) is 72.6 Å². The van der Waals surface area contributed by atoms with Crippen LogP contribution in [0.4, 0.5) is 18.9 Å². The highest BCUT2D eigenvalue weighted by molar-refractivity contribution is 8.09. The lowest BCUT2D eigenvalue weighted by Crippen LogP contribution is -2.09. The molecule has 0 radical (unpaired) electrons. The van der Waals surface area contributed by atoms with E-state index >= 15 is 0 Å². The van der Waals surface area contributed by atoms with E-state index in [0.717, 1.165) is 6.07 Å². The fourth-order valence-electron chi connectivity index (χ4n) is 1.19. The van der Waals surface area contributed by atoms with Gasteiger partial charge in [0.1, 0.15) is 11.3 Å². The number of hydrogen-bond acceptors (Lipinski definition) is 4. The largest absolute Gasteiger partial charge is 0.444 e. The monoisotopic (exact) mass is 315 g/mol. The standard InChI is InChI=1S/C9H9F3NO4PS/c1-2-18(16,19)17-6-3-4-8(13(14)15)7(5-6)9(10,11)12/h3-5H,2H2,1H3,(H,16,19). The van der Waals surface area contributed by atoms with E-state index in [9.17, 15) is 28.2 Å². The highest BCUT2D eigenvalue weighted by atomic mass is 32.5. The molecule has 1 N–H and O–H groups in total. The summed E-state index contributed by atoms with van der Waals surface area (Å²) >= 11 is 4.68. The summed E-state index contributed by atoms with van der Waals surface area (Å²) in [5.41, 5.74) is -2.52. The van der Waals surface area contributed by atoms with Gasteiger partial charge in [-0.25, -0.2) is 0 Å². The summed E-state index contributed by atoms with van der Waals surface area (Å²) in [4.78, 5) is 18.9. The minimum atomic E-state index is -4.90. The Morgan fingerprint density at radius 2 is 2.11 bits per heavy atom. The van der Waals surface area contributed by atoms with Crippen LogP contribution in [0.3, 0.4) is 0 Å². The third-order valence-electron chi connectivity index (χ3n) is 2.12. The normalized spacial score (nSPS) is 14.8. The second kappa shape index (κ2) is 5.44. The summed E-state index contributed by atoms with van der Waals surface area (Å²) in [5, 5.41) is 10.5. The molecule has 1 aromatic rings. The molecule has 1 atom stereocenters. The molecule has 0 aliphatic carbocycles. The van der Waals surface area contributed by atoms with Gasteiger partial charge in [-0.2, -0.15) is 13.2 Å². The van der Waals surface area contributed by atoms with Gasteiger partial charge < -0.3 is 9.42 Å². The Labute approximate surface area is 111 Å². The summed E-state index contributed by atoms with van der Waals surface area (Å²) in [6, 6.07) is 2.11. The molecule has 0 saturated carbocycles. The Morgan fingerprint density at radius 1 is 1.53 bits per heavy atom. The summed E-state index contributed by atoms with van der Waals surface area (Å²) in [6.07, 6.45) is -4.83. The number of hydrogen-bond donors (Lipinski definition) is 1. The Balaban J connectivity index is 3.27. The van der Waals surface area contributed by atoms with E-state index in [0.29, 0.717) is 12.1 Å². The maximum Gasteiger partial charge on any atom is 0.423 e. The van der Waals surface area contributed by atoms with Crippen LogP contribution in [-0.4, -0.2) is 16.0 Å². The fourth-order valence-corrected chi connectivity index (χ4v) is 2.02. The van der Waals surface area contributed by atoms with E-state index in [1.54, 1.807) is 0 Å². The first kappa shape index (κ1) is 15.9. The lowest BCUT2D eigenvalue weighted by molar-refractivity contribution is -0.388. The lowest BCUT2D eigenvalue weighted by atomic mass is 10.1. The molecule has 1 aromatic carbocycles. The van der Waals surface area contributed by atoms with Crippen LogP contribution in [0.15, 0.2) is 18.2 Å². The summed E-state index contributed by atoms with van der Waals surface area (Å²) in [5.74, 6) is -0.342. The molecular weight excluding hydrogens is 306 g/mol. The molecule has 0 fully saturated rings. The van der Waals surface area contributed by atoms with Crippen LogP contribution in [0.5, 0.6) is 5.75 Å². The first-order valence-electron chi connectivity index (χ1n) is 4.94. The first-order valence-corrected chi connectivity index (χ1v) is 7.79. The number of halogens is 3. The van der Waals surface area contributed by atoms with Gasteiger partial charge in [0, 0.05) is 12.2 Å². The lowest BCUT2D eigenvalue weighted by Gasteiger charge is -2.16. The van der Waals surface area contributed by atoms with Crippen molar-refractivity contribution in [2.24, 2.45) is 0 Å². The zero-order chi connectivity index (χ0) is 14.8. The molecule has 1 rings (SSSR count). The number of rotatable bonds is 4. The van der Waals surface area contributed by atoms with Crippen molar-refractivity contribution >= 4 is 24.0 Å². The highest BCUT2D eigenvalue weighted by Crippen LogP contribution is 2.45. The van der Waals surface area contributed by atoms with Gasteiger partial charge in [-0.05, 0) is 23.9 Å². The smallest absolute Gasteiger partial charge is 0.423 e. The molecule has 5 nitrogen and oxygen atoms in total. The molecule has 0 heterocycles. The SMILES string of the molecule is CCP(O)(=S)Oc1ccc([N+](=O)[O-])c(C(F)(F)F)c1. The van der Waals surface area contributed by atoms with Gasteiger partial charge in [-0.3, -0.25) is 10.1 Å². The molecule has 0 bridgehead atoms. The first-order chi connectivity index (χ1) is 8.57. The number of nitrogens with zero attached hydrogens (tertiary/aromatic N) is 1. The van der Waals surface area contributed by atoms with Crippen molar-refractivity contribution in [1.82, 2.24) is 0 Å². The third-order valence-corrected chi connectivity index (χ3v) is 4.41. The number of benzene rings is 1. The zero-order valence-electron chi connectivity index (χ0n) is 9.55. The molecule has 10 heteroatoms. The van der Waals surface area contributed by atoms with Crippen LogP contribution in [0.1, 0.15) is 12.5 Å². The van der Waals surface area contributed by atoms with E-state index in [1.165, 1.54) is 6.92 Å². The van der Waals surface area contributed by atoms with E-state index in [-0.39, 0.29) is 11.9 Å². The van der Waals surface area contributed by atoms with Crippen LogP contribution in [-0.2, 0) is 18.0 Å². The molecule has 0 aromatic heterocycles. The van der Waals surface area contributed by atoms with E-state index in [2.05, 4.69) is 11.8 Å². The van der Waals surface area contributed by atoms with Crippen LogP contribution in [0.2, 0.25) is 0 Å². The molecule has 0 aliphatic rings. The molecule has 106 valence electrons. The van der Waals surface area contributed by atoms with Crippen LogP contribution < -0.4 is 4.52 Å². The molecule has 0 aliphatic heterocycles. The van der Waals surface area contributed by atoms with Gasteiger partial charge >= 0.3 is 6.18 Å². The summed E-state index contributed by atoms with van der Waals surface area (Å²) in [6.45, 7) is -1.69. The Kier molecular flexibility index (Phi) is 4.54. The predicted molar refractivity (Wildman–Crippen MR) is 65.8 cm³/mol. The van der Waals surface area contributed by atoms with Crippen molar-refractivity contribution in [3.05, 3.63) is 33.9 Å². The highest BCUT2D eigenvalue weighted by Gasteiger charge is 2.38. The minimum absolute atomic E-state index is 0.0701. The van der Waals surface area contributed by atoms with Crippen LogP contribution in [0.25, 0.3) is 0 Å². The number of nitro groups is 1. The van der Waals surface area contributed by atoms with Gasteiger partial charge in [0.25, 0.3) is 5.69 Å². The molecule has 0 spiro atoms. The van der Waals surface area contributed by atoms with Gasteiger partial charge in [-0.15, -0.1) is 0 Å². The maximum atomic E-state index is 12.7. The molecule has 0 saturated heterocycles. The van der Waals surface area contributed by atoms with Crippen LogP contribution >= 0.6 is 6.49 Å². The molecular formula is C9H9F3NO4PS. The van der Waals surface area contributed by atoms with Crippen molar-refractivity contribution in [1.29, 1.82) is 0 Å². The average Bonchev–Trinajstić information content (AvgIpc) is 2.27. The second-order valence-corrected chi connectivity index (χ2v) is 7.28. The number of alkyl halides is 3. The summed E-state index contributed by atoms with van der Waals surface area (Å²) in [7, 11) is 0. The van der Waals surface area contributed by atoms with E-state index in [4.69, 9.17) is 4.52 Å². The Hall–Kier alpha value is -1.18. The Bertz CT molecular complexity index is 549. The molecule has 0 amide bonds. The fraction of sp³-hybridized carbons (Fsp3) is 0.333. The van der Waals surface area contributed by atoms with Gasteiger partial charge in [-0.1, -0.05) is 6.92 Å². The van der Waals surface area contributed by atoms with Crippen molar-refractivity contribution in [2.45, 2.75) is 13.1 Å².